The van der Waals surface area contributed by atoms with Crippen LogP contribution >= 0.6 is 0 Å². The average Bonchev–Trinajstić information content (AvgIpc) is 3.00. The van der Waals surface area contributed by atoms with E-state index in [9.17, 15) is 13.2 Å². The van der Waals surface area contributed by atoms with E-state index in [4.69, 9.17) is 0 Å². The molecular weight excluding hydrogens is 290 g/mol. The average molecular weight is 313 g/mol. The lowest BCUT2D eigenvalue weighted by atomic mass is 10.1. The minimum Gasteiger partial charge on any atom is -0.340 e. The Kier molecular flexibility index (Phi) is 5.03. The normalized spacial score (nSPS) is 21.2. The number of rotatable bonds is 5. The van der Waals surface area contributed by atoms with Gasteiger partial charge in [-0.05, 0) is 26.2 Å². The topological polar surface area (TPSA) is 72.3 Å². The summed E-state index contributed by atoms with van der Waals surface area (Å²) in [5.74, 6) is -0.202. The summed E-state index contributed by atoms with van der Waals surface area (Å²) in [5, 5.41) is -0.945. The van der Waals surface area contributed by atoms with Crippen LogP contribution in [0.15, 0.2) is 18.7 Å². The van der Waals surface area contributed by atoms with Gasteiger partial charge in [0, 0.05) is 25.5 Å². The third-order valence-corrected chi connectivity index (χ3v) is 6.29. The van der Waals surface area contributed by atoms with Crippen molar-refractivity contribution in [3.63, 3.8) is 0 Å². The van der Waals surface area contributed by atoms with Crippen molar-refractivity contribution in [1.82, 2.24) is 14.5 Å². The SMILES string of the molecule is CCCS(=O)(=O)[C@@H](C)C(=O)N1CCC[C@@H](n2ccnc2)C1. The molecule has 0 bridgehead atoms. The van der Waals surface area contributed by atoms with Crippen molar-refractivity contribution < 1.29 is 13.2 Å². The second-order valence-corrected chi connectivity index (χ2v) is 8.04. The predicted octanol–water partition coefficient (Wildman–Crippen LogP) is 1.26. The predicted molar refractivity (Wildman–Crippen MR) is 80.6 cm³/mol. The number of amides is 1. The molecule has 1 aliphatic rings. The first-order valence-electron chi connectivity index (χ1n) is 7.43. The Morgan fingerprint density at radius 2 is 2.24 bits per heavy atom. The first-order chi connectivity index (χ1) is 9.95. The molecule has 1 aliphatic heterocycles. The summed E-state index contributed by atoms with van der Waals surface area (Å²) in [7, 11) is -3.34. The summed E-state index contributed by atoms with van der Waals surface area (Å²) in [6.45, 7) is 4.51. The van der Waals surface area contributed by atoms with E-state index in [2.05, 4.69) is 4.98 Å². The van der Waals surface area contributed by atoms with E-state index in [0.29, 0.717) is 19.5 Å². The molecule has 2 heterocycles. The lowest BCUT2D eigenvalue weighted by Crippen LogP contribution is -2.47. The van der Waals surface area contributed by atoms with Crippen LogP contribution in [0.4, 0.5) is 0 Å². The van der Waals surface area contributed by atoms with Crippen LogP contribution in [0, 0.1) is 0 Å². The highest BCUT2D eigenvalue weighted by molar-refractivity contribution is 7.92. The molecule has 1 amide bonds. The van der Waals surface area contributed by atoms with Gasteiger partial charge in [0.05, 0.1) is 18.1 Å². The summed E-state index contributed by atoms with van der Waals surface area (Å²) in [6.07, 6.45) is 7.75. The highest BCUT2D eigenvalue weighted by atomic mass is 32.2. The molecule has 1 aromatic heterocycles. The zero-order valence-electron chi connectivity index (χ0n) is 12.6. The summed E-state index contributed by atoms with van der Waals surface area (Å²) >= 11 is 0. The summed E-state index contributed by atoms with van der Waals surface area (Å²) in [5.41, 5.74) is 0. The van der Waals surface area contributed by atoms with Crippen molar-refractivity contribution in [2.75, 3.05) is 18.8 Å². The number of imidazole rings is 1. The number of piperidine rings is 1. The first kappa shape index (κ1) is 16.0. The minimum atomic E-state index is -3.34. The number of hydrogen-bond acceptors (Lipinski definition) is 4. The molecule has 6 nitrogen and oxygen atoms in total. The maximum atomic E-state index is 12.5. The second kappa shape index (κ2) is 6.60. The van der Waals surface area contributed by atoms with Crippen LogP contribution in [0.2, 0.25) is 0 Å². The Bertz CT molecular complexity index is 568. The van der Waals surface area contributed by atoms with Crippen LogP contribution in [0.1, 0.15) is 39.2 Å². The van der Waals surface area contributed by atoms with Gasteiger partial charge in [0.1, 0.15) is 5.25 Å². The quantitative estimate of drug-likeness (QED) is 0.820. The van der Waals surface area contributed by atoms with E-state index < -0.39 is 15.1 Å². The molecular formula is C14H23N3O3S. The smallest absolute Gasteiger partial charge is 0.240 e. The fourth-order valence-electron chi connectivity index (χ4n) is 2.76. The maximum Gasteiger partial charge on any atom is 0.240 e. The Hall–Kier alpha value is -1.37. The highest BCUT2D eigenvalue weighted by Gasteiger charge is 2.33. The number of carbonyl (C=O) groups is 1. The fourth-order valence-corrected chi connectivity index (χ4v) is 4.13. The number of hydrogen-bond donors (Lipinski definition) is 0. The molecule has 0 radical (unpaired) electrons. The van der Waals surface area contributed by atoms with Crippen LogP contribution in [0.5, 0.6) is 0 Å². The minimum absolute atomic E-state index is 0.0682. The fraction of sp³-hybridized carbons (Fsp3) is 0.714. The molecule has 0 N–H and O–H groups in total. The monoisotopic (exact) mass is 313 g/mol. The van der Waals surface area contributed by atoms with Crippen molar-refractivity contribution in [2.45, 2.75) is 44.4 Å². The Balaban J connectivity index is 2.05. The number of aromatic nitrogens is 2. The molecule has 1 aromatic rings. The lowest BCUT2D eigenvalue weighted by Gasteiger charge is -2.34. The van der Waals surface area contributed by atoms with Gasteiger partial charge in [0.15, 0.2) is 9.84 Å². The van der Waals surface area contributed by atoms with Gasteiger partial charge >= 0.3 is 0 Å². The molecule has 0 aromatic carbocycles. The van der Waals surface area contributed by atoms with Crippen molar-refractivity contribution in [1.29, 1.82) is 0 Å². The Morgan fingerprint density at radius 1 is 1.48 bits per heavy atom. The first-order valence-corrected chi connectivity index (χ1v) is 9.15. The molecule has 0 saturated carbocycles. The van der Waals surface area contributed by atoms with Gasteiger partial charge in [-0.15, -0.1) is 0 Å². The van der Waals surface area contributed by atoms with Gasteiger partial charge in [-0.25, -0.2) is 13.4 Å². The van der Waals surface area contributed by atoms with Crippen LogP contribution in [-0.2, 0) is 14.6 Å². The van der Waals surface area contributed by atoms with Crippen LogP contribution in [0.25, 0.3) is 0 Å². The van der Waals surface area contributed by atoms with Gasteiger partial charge in [-0.3, -0.25) is 4.79 Å². The molecule has 118 valence electrons. The largest absolute Gasteiger partial charge is 0.340 e. The van der Waals surface area contributed by atoms with E-state index in [0.717, 1.165) is 12.8 Å². The molecule has 1 saturated heterocycles. The maximum absolute atomic E-state index is 12.5. The number of carbonyl (C=O) groups excluding carboxylic acids is 1. The molecule has 21 heavy (non-hydrogen) atoms. The number of nitrogens with zero attached hydrogens (tertiary/aromatic N) is 3. The zero-order chi connectivity index (χ0) is 15.5. The Labute approximate surface area is 126 Å². The highest BCUT2D eigenvalue weighted by Crippen LogP contribution is 2.22. The van der Waals surface area contributed by atoms with Gasteiger partial charge in [0.2, 0.25) is 5.91 Å². The van der Waals surface area contributed by atoms with Crippen LogP contribution in [0.3, 0.4) is 0 Å². The van der Waals surface area contributed by atoms with Crippen molar-refractivity contribution in [3.05, 3.63) is 18.7 Å². The molecule has 7 heteroatoms. The standard InChI is InChI=1S/C14H23N3O3S/c1-3-9-21(19,20)12(2)14(18)16-7-4-5-13(10-16)17-8-6-15-11-17/h6,8,11-13H,3-5,7,9-10H2,1-2H3/t12-,13+/m0/s1. The van der Waals surface area contributed by atoms with Crippen molar-refractivity contribution in [2.24, 2.45) is 0 Å². The summed E-state index contributed by atoms with van der Waals surface area (Å²) < 4.78 is 26.1. The van der Waals surface area contributed by atoms with Crippen molar-refractivity contribution >= 4 is 15.7 Å². The van der Waals surface area contributed by atoms with Crippen molar-refractivity contribution in [3.8, 4) is 0 Å². The Morgan fingerprint density at radius 3 is 2.86 bits per heavy atom. The number of sulfone groups is 1. The molecule has 1 fully saturated rings. The van der Waals surface area contributed by atoms with Crippen LogP contribution < -0.4 is 0 Å². The van der Waals surface area contributed by atoms with E-state index in [-0.39, 0.29) is 17.7 Å². The van der Waals surface area contributed by atoms with E-state index >= 15 is 0 Å². The third kappa shape index (κ3) is 3.64. The summed E-state index contributed by atoms with van der Waals surface area (Å²) in [4.78, 5) is 18.2. The van der Waals surface area contributed by atoms with E-state index in [1.807, 2.05) is 17.7 Å². The van der Waals surface area contributed by atoms with E-state index in [1.165, 1.54) is 6.92 Å². The van der Waals surface area contributed by atoms with Gasteiger partial charge in [-0.1, -0.05) is 6.92 Å². The van der Waals surface area contributed by atoms with Gasteiger partial charge in [0.25, 0.3) is 0 Å². The van der Waals surface area contributed by atoms with E-state index in [1.54, 1.807) is 17.4 Å². The molecule has 0 spiro atoms. The molecule has 2 rings (SSSR count). The van der Waals surface area contributed by atoms with Gasteiger partial charge in [-0.2, -0.15) is 0 Å². The zero-order valence-corrected chi connectivity index (χ0v) is 13.4. The van der Waals surface area contributed by atoms with Gasteiger partial charge < -0.3 is 9.47 Å². The lowest BCUT2D eigenvalue weighted by molar-refractivity contribution is -0.132. The molecule has 0 aliphatic carbocycles. The third-order valence-electron chi connectivity index (χ3n) is 4.03. The summed E-state index contributed by atoms with van der Waals surface area (Å²) in [6, 6.07) is 0.186. The molecule has 0 unspecified atom stereocenters. The van der Waals surface area contributed by atoms with Crippen LogP contribution in [-0.4, -0.2) is 52.9 Å². The second-order valence-electron chi connectivity index (χ2n) is 5.60. The molecule has 2 atom stereocenters. The number of likely N-dealkylation sites (tertiary alicyclic amines) is 1.